The van der Waals surface area contributed by atoms with Crippen molar-refractivity contribution in [1.82, 2.24) is 15.4 Å². The number of carbonyl (C=O) groups excluding carboxylic acids is 1. The van der Waals surface area contributed by atoms with Crippen molar-refractivity contribution in [2.24, 2.45) is 5.92 Å². The Morgan fingerprint density at radius 2 is 1.82 bits per heavy atom. The van der Waals surface area contributed by atoms with E-state index in [9.17, 15) is 13.2 Å². The van der Waals surface area contributed by atoms with E-state index in [1.54, 1.807) is 27.8 Å². The molecule has 0 rings (SSSR count). The van der Waals surface area contributed by atoms with E-state index in [2.05, 4.69) is 15.4 Å². The summed E-state index contributed by atoms with van der Waals surface area (Å²) in [6, 6.07) is -0.126. The molecule has 0 aromatic rings. The Kier molecular flexibility index (Phi) is 7.33. The van der Waals surface area contributed by atoms with Gasteiger partial charge in [-0.15, -0.1) is 0 Å². The van der Waals surface area contributed by atoms with Crippen molar-refractivity contribution in [3.63, 3.8) is 0 Å². The molecule has 0 aromatic carbocycles. The molecule has 102 valence electrons. The molecule has 0 spiro atoms. The highest BCUT2D eigenvalue weighted by Crippen LogP contribution is 1.92. The van der Waals surface area contributed by atoms with Crippen molar-refractivity contribution in [2.75, 3.05) is 25.9 Å². The van der Waals surface area contributed by atoms with E-state index in [1.807, 2.05) is 0 Å². The van der Waals surface area contributed by atoms with Crippen LogP contribution in [0.5, 0.6) is 0 Å². The van der Waals surface area contributed by atoms with Gasteiger partial charge in [-0.05, 0) is 20.9 Å². The lowest BCUT2D eigenvalue weighted by atomic mass is 10.1. The summed E-state index contributed by atoms with van der Waals surface area (Å²) in [4.78, 5) is 11.5. The van der Waals surface area contributed by atoms with E-state index in [4.69, 9.17) is 0 Å². The SMILES string of the molecule is CNCC(C)C(=O)NCCS(=O)(=O)NC(C)C. The molecule has 0 fully saturated rings. The Morgan fingerprint density at radius 1 is 1.24 bits per heavy atom. The molecule has 0 heterocycles. The first kappa shape index (κ1) is 16.3. The molecule has 7 heteroatoms. The molecule has 0 aliphatic carbocycles. The monoisotopic (exact) mass is 265 g/mol. The van der Waals surface area contributed by atoms with Crippen molar-refractivity contribution in [3.8, 4) is 0 Å². The van der Waals surface area contributed by atoms with E-state index < -0.39 is 10.0 Å². The van der Waals surface area contributed by atoms with Gasteiger partial charge in [-0.3, -0.25) is 4.79 Å². The molecule has 0 saturated heterocycles. The summed E-state index contributed by atoms with van der Waals surface area (Å²) < 4.78 is 25.3. The summed E-state index contributed by atoms with van der Waals surface area (Å²) in [7, 11) is -1.53. The predicted octanol–water partition coefficient (Wildman–Crippen LogP) is -0.714. The van der Waals surface area contributed by atoms with E-state index in [1.165, 1.54) is 0 Å². The molecule has 6 nitrogen and oxygen atoms in total. The van der Waals surface area contributed by atoms with Gasteiger partial charge in [-0.1, -0.05) is 6.92 Å². The normalized spacial score (nSPS) is 13.7. The maximum Gasteiger partial charge on any atom is 0.224 e. The first-order valence-electron chi connectivity index (χ1n) is 5.71. The highest BCUT2D eigenvalue weighted by atomic mass is 32.2. The highest BCUT2D eigenvalue weighted by molar-refractivity contribution is 7.89. The van der Waals surface area contributed by atoms with Crippen LogP contribution in [0.25, 0.3) is 0 Å². The average Bonchev–Trinajstić information content (AvgIpc) is 2.15. The minimum Gasteiger partial charge on any atom is -0.355 e. The lowest BCUT2D eigenvalue weighted by Gasteiger charge is -2.13. The zero-order chi connectivity index (χ0) is 13.5. The third-order valence-electron chi connectivity index (χ3n) is 2.04. The van der Waals surface area contributed by atoms with Gasteiger partial charge in [0.2, 0.25) is 15.9 Å². The van der Waals surface area contributed by atoms with Gasteiger partial charge in [0.1, 0.15) is 0 Å². The first-order valence-corrected chi connectivity index (χ1v) is 7.36. The molecule has 0 saturated carbocycles. The van der Waals surface area contributed by atoms with Gasteiger partial charge >= 0.3 is 0 Å². The molecule has 0 aromatic heterocycles. The second-order valence-electron chi connectivity index (χ2n) is 4.34. The molecular weight excluding hydrogens is 242 g/mol. The van der Waals surface area contributed by atoms with Gasteiger partial charge in [0.15, 0.2) is 0 Å². The van der Waals surface area contributed by atoms with E-state index in [0.717, 1.165) is 0 Å². The summed E-state index contributed by atoms with van der Waals surface area (Å²) in [5, 5.41) is 5.49. The maximum absolute atomic E-state index is 11.5. The van der Waals surface area contributed by atoms with E-state index in [-0.39, 0.29) is 30.2 Å². The fourth-order valence-electron chi connectivity index (χ4n) is 1.30. The highest BCUT2D eigenvalue weighted by Gasteiger charge is 2.14. The molecular formula is C10H23N3O3S. The zero-order valence-electron chi connectivity index (χ0n) is 10.9. The molecule has 1 amide bonds. The zero-order valence-corrected chi connectivity index (χ0v) is 11.7. The van der Waals surface area contributed by atoms with Gasteiger partial charge in [-0.25, -0.2) is 13.1 Å². The standard InChI is InChI=1S/C10H23N3O3S/c1-8(2)13-17(15,16)6-5-12-10(14)9(3)7-11-4/h8-9,11,13H,5-7H2,1-4H3,(H,12,14). The third kappa shape index (κ3) is 8.12. The molecule has 0 bridgehead atoms. The summed E-state index contributed by atoms with van der Waals surface area (Å²) in [5.74, 6) is -0.400. The largest absolute Gasteiger partial charge is 0.355 e. The minimum atomic E-state index is -3.29. The van der Waals surface area contributed by atoms with Crippen molar-refractivity contribution in [1.29, 1.82) is 0 Å². The number of amides is 1. The van der Waals surface area contributed by atoms with Crippen LogP contribution < -0.4 is 15.4 Å². The van der Waals surface area contributed by atoms with Crippen molar-refractivity contribution in [3.05, 3.63) is 0 Å². The summed E-state index contributed by atoms with van der Waals surface area (Å²) >= 11 is 0. The number of carbonyl (C=O) groups is 1. The molecule has 0 aliphatic heterocycles. The van der Waals surface area contributed by atoms with Crippen LogP contribution in [0.15, 0.2) is 0 Å². The fourth-order valence-corrected chi connectivity index (χ4v) is 2.51. The molecule has 0 radical (unpaired) electrons. The predicted molar refractivity (Wildman–Crippen MR) is 68.2 cm³/mol. The first-order chi connectivity index (χ1) is 7.78. The van der Waals surface area contributed by atoms with Gasteiger partial charge in [0, 0.05) is 25.0 Å². The molecule has 0 aliphatic rings. The van der Waals surface area contributed by atoms with Gasteiger partial charge in [0.05, 0.1) is 5.75 Å². The molecule has 17 heavy (non-hydrogen) atoms. The van der Waals surface area contributed by atoms with Gasteiger partial charge in [-0.2, -0.15) is 0 Å². The number of nitrogens with one attached hydrogen (secondary N) is 3. The van der Waals surface area contributed by atoms with Crippen LogP contribution in [-0.4, -0.2) is 46.3 Å². The number of rotatable bonds is 8. The third-order valence-corrected chi connectivity index (χ3v) is 3.62. The molecule has 1 unspecified atom stereocenters. The van der Waals surface area contributed by atoms with Crippen LogP contribution in [-0.2, 0) is 14.8 Å². The van der Waals surface area contributed by atoms with Crippen LogP contribution in [0.1, 0.15) is 20.8 Å². The second kappa shape index (κ2) is 7.62. The molecule has 1 atom stereocenters. The van der Waals surface area contributed by atoms with Gasteiger partial charge < -0.3 is 10.6 Å². The maximum atomic E-state index is 11.5. The number of sulfonamides is 1. The lowest BCUT2D eigenvalue weighted by molar-refractivity contribution is -0.124. The Bertz CT molecular complexity index is 328. The summed E-state index contributed by atoms with van der Waals surface area (Å²) in [5.41, 5.74) is 0. The van der Waals surface area contributed by atoms with Gasteiger partial charge in [0.25, 0.3) is 0 Å². The van der Waals surface area contributed by atoms with Crippen LogP contribution >= 0.6 is 0 Å². The quantitative estimate of drug-likeness (QED) is 0.541. The fraction of sp³-hybridized carbons (Fsp3) is 0.900. The van der Waals surface area contributed by atoms with Crippen molar-refractivity contribution in [2.45, 2.75) is 26.8 Å². The van der Waals surface area contributed by atoms with E-state index in [0.29, 0.717) is 6.54 Å². The van der Waals surface area contributed by atoms with Crippen LogP contribution in [0.4, 0.5) is 0 Å². The number of hydrogen-bond donors (Lipinski definition) is 3. The number of hydrogen-bond acceptors (Lipinski definition) is 4. The van der Waals surface area contributed by atoms with E-state index >= 15 is 0 Å². The van der Waals surface area contributed by atoms with Crippen LogP contribution in [0.2, 0.25) is 0 Å². The summed E-state index contributed by atoms with van der Waals surface area (Å²) in [6.07, 6.45) is 0. The lowest BCUT2D eigenvalue weighted by Crippen LogP contribution is -2.40. The van der Waals surface area contributed by atoms with Crippen molar-refractivity contribution >= 4 is 15.9 Å². The Hall–Kier alpha value is -0.660. The van der Waals surface area contributed by atoms with Crippen LogP contribution in [0, 0.1) is 5.92 Å². The Labute approximate surface area is 104 Å². The molecule has 3 N–H and O–H groups in total. The second-order valence-corrected chi connectivity index (χ2v) is 6.21. The Balaban J connectivity index is 3.95. The topological polar surface area (TPSA) is 87.3 Å². The summed E-state index contributed by atoms with van der Waals surface area (Å²) in [6.45, 7) is 6.00. The smallest absolute Gasteiger partial charge is 0.224 e. The minimum absolute atomic E-state index is 0.0941. The average molecular weight is 265 g/mol. The van der Waals surface area contributed by atoms with Crippen LogP contribution in [0.3, 0.4) is 0 Å². The van der Waals surface area contributed by atoms with Crippen molar-refractivity contribution < 1.29 is 13.2 Å². The Morgan fingerprint density at radius 3 is 2.29 bits per heavy atom.